The number of nitrogens with zero attached hydrogens (tertiary/aromatic N) is 3. The van der Waals surface area contributed by atoms with Gasteiger partial charge in [-0.1, -0.05) is 24.3 Å². The van der Waals surface area contributed by atoms with Gasteiger partial charge in [0.15, 0.2) is 5.92 Å². The SMILES string of the molecule is N#C[C@H]1C(=O)Nc2nc3ccccc3n2[C@H]1c1cccc(F)c1. The fourth-order valence-corrected chi connectivity index (χ4v) is 3.06. The minimum atomic E-state index is -0.957. The molecule has 0 spiro atoms. The van der Waals surface area contributed by atoms with Gasteiger partial charge in [-0.2, -0.15) is 5.26 Å². The van der Waals surface area contributed by atoms with E-state index in [1.54, 1.807) is 16.7 Å². The van der Waals surface area contributed by atoms with Gasteiger partial charge in [-0.05, 0) is 29.8 Å². The van der Waals surface area contributed by atoms with Crippen LogP contribution in [0.3, 0.4) is 0 Å². The van der Waals surface area contributed by atoms with Crippen molar-refractivity contribution in [3.8, 4) is 6.07 Å². The predicted molar refractivity (Wildman–Crippen MR) is 82.0 cm³/mol. The first-order valence-electron chi connectivity index (χ1n) is 7.12. The van der Waals surface area contributed by atoms with E-state index >= 15 is 0 Å². The van der Waals surface area contributed by atoms with E-state index in [2.05, 4.69) is 10.3 Å². The Morgan fingerprint density at radius 1 is 1.22 bits per heavy atom. The number of carbonyl (C=O) groups is 1. The van der Waals surface area contributed by atoms with Crippen LogP contribution in [-0.4, -0.2) is 15.5 Å². The zero-order valence-electron chi connectivity index (χ0n) is 11.9. The highest BCUT2D eigenvalue weighted by molar-refractivity contribution is 5.97. The van der Waals surface area contributed by atoms with E-state index in [1.807, 2.05) is 30.3 Å². The molecule has 0 unspecified atom stereocenters. The number of nitrogens with one attached hydrogen (secondary N) is 1. The normalized spacial score (nSPS) is 19.9. The van der Waals surface area contributed by atoms with E-state index in [9.17, 15) is 14.4 Å². The smallest absolute Gasteiger partial charge is 0.246 e. The summed E-state index contributed by atoms with van der Waals surface area (Å²) in [7, 11) is 0. The van der Waals surface area contributed by atoms with Crippen molar-refractivity contribution in [2.24, 2.45) is 5.92 Å². The Morgan fingerprint density at radius 3 is 2.83 bits per heavy atom. The highest BCUT2D eigenvalue weighted by Gasteiger charge is 2.38. The lowest BCUT2D eigenvalue weighted by atomic mass is 9.91. The standard InChI is InChI=1S/C17H11FN4O/c18-11-5-3-4-10(8-11)15-12(9-19)16(23)21-17-20-13-6-1-2-7-14(13)22(15)17/h1-8,12,15H,(H,20,21,23)/t12-,15+/m1/s1. The molecule has 0 radical (unpaired) electrons. The van der Waals surface area contributed by atoms with Crippen molar-refractivity contribution in [2.45, 2.75) is 6.04 Å². The third kappa shape index (κ3) is 1.98. The minimum absolute atomic E-state index is 0.372. The number of amides is 1. The monoisotopic (exact) mass is 306 g/mol. The van der Waals surface area contributed by atoms with Crippen molar-refractivity contribution in [2.75, 3.05) is 5.32 Å². The van der Waals surface area contributed by atoms with Gasteiger partial charge in [0.05, 0.1) is 23.1 Å². The van der Waals surface area contributed by atoms with Crippen molar-refractivity contribution in [3.05, 3.63) is 59.9 Å². The molecule has 0 saturated heterocycles. The average molecular weight is 306 g/mol. The Balaban J connectivity index is 2.02. The molecule has 0 fully saturated rings. The van der Waals surface area contributed by atoms with Crippen molar-refractivity contribution >= 4 is 22.9 Å². The number of carbonyl (C=O) groups excluding carboxylic acids is 1. The maximum absolute atomic E-state index is 13.7. The second-order valence-corrected chi connectivity index (χ2v) is 5.39. The number of para-hydroxylation sites is 2. The second kappa shape index (κ2) is 4.92. The quantitative estimate of drug-likeness (QED) is 0.751. The number of rotatable bonds is 1. The zero-order valence-corrected chi connectivity index (χ0v) is 11.9. The third-order valence-corrected chi connectivity index (χ3v) is 4.04. The van der Waals surface area contributed by atoms with Gasteiger partial charge in [0, 0.05) is 0 Å². The summed E-state index contributed by atoms with van der Waals surface area (Å²) in [6.45, 7) is 0. The van der Waals surface area contributed by atoms with Crippen molar-refractivity contribution in [1.29, 1.82) is 5.26 Å². The van der Waals surface area contributed by atoms with E-state index in [1.165, 1.54) is 12.1 Å². The largest absolute Gasteiger partial charge is 0.300 e. The number of nitriles is 1. The number of benzene rings is 2. The Labute approximate surface area is 131 Å². The van der Waals surface area contributed by atoms with E-state index in [4.69, 9.17) is 0 Å². The third-order valence-electron chi connectivity index (χ3n) is 4.04. The first kappa shape index (κ1) is 13.5. The van der Waals surface area contributed by atoms with Crippen LogP contribution in [0.15, 0.2) is 48.5 Å². The topological polar surface area (TPSA) is 70.7 Å². The first-order chi connectivity index (χ1) is 11.2. The van der Waals surface area contributed by atoms with Crippen LogP contribution in [-0.2, 0) is 4.79 Å². The van der Waals surface area contributed by atoms with E-state index < -0.39 is 23.7 Å². The summed E-state index contributed by atoms with van der Waals surface area (Å²) in [5.74, 6) is -1.42. The van der Waals surface area contributed by atoms with Gasteiger partial charge in [0.25, 0.3) is 0 Å². The number of hydrogen-bond donors (Lipinski definition) is 1. The Hall–Kier alpha value is -3.20. The molecule has 0 bridgehead atoms. The van der Waals surface area contributed by atoms with Crippen LogP contribution in [0.4, 0.5) is 10.3 Å². The lowest BCUT2D eigenvalue weighted by Crippen LogP contribution is -2.37. The van der Waals surface area contributed by atoms with Gasteiger partial charge in [-0.25, -0.2) is 9.37 Å². The molecule has 1 aromatic heterocycles. The van der Waals surface area contributed by atoms with Gasteiger partial charge in [-0.15, -0.1) is 0 Å². The Bertz CT molecular complexity index is 972. The van der Waals surface area contributed by atoms with Crippen LogP contribution < -0.4 is 5.32 Å². The molecule has 4 rings (SSSR count). The molecule has 2 heterocycles. The van der Waals surface area contributed by atoms with Crippen LogP contribution in [0.25, 0.3) is 11.0 Å². The minimum Gasteiger partial charge on any atom is -0.300 e. The fraction of sp³-hybridized carbons (Fsp3) is 0.118. The van der Waals surface area contributed by atoms with Gasteiger partial charge in [0.1, 0.15) is 5.82 Å². The molecule has 0 saturated carbocycles. The molecule has 112 valence electrons. The zero-order chi connectivity index (χ0) is 16.0. The van der Waals surface area contributed by atoms with Crippen molar-refractivity contribution in [3.63, 3.8) is 0 Å². The summed E-state index contributed by atoms with van der Waals surface area (Å²) in [4.78, 5) is 16.7. The second-order valence-electron chi connectivity index (χ2n) is 5.39. The van der Waals surface area contributed by atoms with Crippen LogP contribution in [0, 0.1) is 23.1 Å². The number of aromatic nitrogens is 2. The number of hydrogen-bond acceptors (Lipinski definition) is 3. The lowest BCUT2D eigenvalue weighted by Gasteiger charge is -2.29. The summed E-state index contributed by atoms with van der Waals surface area (Å²) in [6, 6.07) is 14.8. The molecule has 1 amide bonds. The lowest BCUT2D eigenvalue weighted by molar-refractivity contribution is -0.119. The summed E-state index contributed by atoms with van der Waals surface area (Å²) in [5, 5.41) is 12.1. The predicted octanol–water partition coefficient (Wildman–Crippen LogP) is 2.86. The van der Waals surface area contributed by atoms with Gasteiger partial charge >= 0.3 is 0 Å². The summed E-state index contributed by atoms with van der Waals surface area (Å²) < 4.78 is 15.4. The molecule has 6 heteroatoms. The first-order valence-corrected chi connectivity index (χ1v) is 7.12. The van der Waals surface area contributed by atoms with Gasteiger partial charge < -0.3 is 4.57 Å². The molecule has 1 aliphatic rings. The molecule has 1 N–H and O–H groups in total. The molecule has 5 nitrogen and oxygen atoms in total. The Morgan fingerprint density at radius 2 is 2.04 bits per heavy atom. The van der Waals surface area contributed by atoms with Crippen LogP contribution in [0.5, 0.6) is 0 Å². The highest BCUT2D eigenvalue weighted by Crippen LogP contribution is 2.37. The van der Waals surface area contributed by atoms with Gasteiger partial charge in [-0.3, -0.25) is 10.1 Å². The maximum atomic E-state index is 13.7. The van der Waals surface area contributed by atoms with Gasteiger partial charge in [0.2, 0.25) is 11.9 Å². The van der Waals surface area contributed by atoms with E-state index in [0.29, 0.717) is 17.0 Å². The summed E-state index contributed by atoms with van der Waals surface area (Å²) in [5.41, 5.74) is 2.07. The molecule has 3 aromatic rings. The molecular weight excluding hydrogens is 295 g/mol. The number of imidazole rings is 1. The van der Waals surface area contributed by atoms with Crippen LogP contribution >= 0.6 is 0 Å². The van der Waals surface area contributed by atoms with Crippen molar-refractivity contribution < 1.29 is 9.18 Å². The molecule has 2 aromatic carbocycles. The van der Waals surface area contributed by atoms with Crippen LogP contribution in [0.2, 0.25) is 0 Å². The molecule has 2 atom stereocenters. The number of anilines is 1. The highest BCUT2D eigenvalue weighted by atomic mass is 19.1. The van der Waals surface area contributed by atoms with Crippen molar-refractivity contribution in [1.82, 2.24) is 9.55 Å². The fourth-order valence-electron chi connectivity index (χ4n) is 3.06. The summed E-state index contributed by atoms with van der Waals surface area (Å²) >= 11 is 0. The molecule has 23 heavy (non-hydrogen) atoms. The van der Waals surface area contributed by atoms with E-state index in [-0.39, 0.29) is 0 Å². The molecular formula is C17H11FN4O. The summed E-state index contributed by atoms with van der Waals surface area (Å²) in [6.07, 6.45) is 0. The molecule has 0 aliphatic carbocycles. The van der Waals surface area contributed by atoms with E-state index in [0.717, 1.165) is 5.52 Å². The average Bonchev–Trinajstić information content (AvgIpc) is 2.91. The molecule has 1 aliphatic heterocycles. The van der Waals surface area contributed by atoms with Crippen LogP contribution in [0.1, 0.15) is 11.6 Å². The number of halogens is 1. The number of fused-ring (bicyclic) bond motifs is 3. The maximum Gasteiger partial charge on any atom is 0.246 e. The Kier molecular flexibility index (Phi) is 2.88.